The predicted molar refractivity (Wildman–Crippen MR) is 42.2 cm³/mol. The molecule has 0 atom stereocenters. The van der Waals surface area contributed by atoms with Gasteiger partial charge in [-0.1, -0.05) is 0 Å². The molecule has 0 aromatic carbocycles. The van der Waals surface area contributed by atoms with Gasteiger partial charge in [0, 0.05) is 5.69 Å². The molecule has 0 aliphatic heterocycles. The van der Waals surface area contributed by atoms with E-state index in [0.717, 1.165) is 0 Å². The van der Waals surface area contributed by atoms with E-state index in [1.165, 1.54) is 6.92 Å². The summed E-state index contributed by atoms with van der Waals surface area (Å²) in [5, 5.41) is 0. The molecule has 13 heavy (non-hydrogen) atoms. The van der Waals surface area contributed by atoms with Gasteiger partial charge in [0.1, 0.15) is 0 Å². The maximum absolute atomic E-state index is 10.9. The third kappa shape index (κ3) is 1.84. The van der Waals surface area contributed by atoms with E-state index in [1.54, 1.807) is 4.98 Å². The first-order chi connectivity index (χ1) is 5.82. The monoisotopic (exact) mass is 206 g/mol. The Hall–Kier alpha value is -1.41. The number of nitrogens with one attached hydrogen (secondary N) is 2. The molecule has 7 nitrogen and oxygen atoms in total. The van der Waals surface area contributed by atoms with Crippen molar-refractivity contribution >= 4 is 10.1 Å². The Labute approximate surface area is 72.2 Å². The maximum atomic E-state index is 10.9. The molecule has 1 aromatic rings. The van der Waals surface area contributed by atoms with Crippen LogP contribution in [0, 0.1) is 6.92 Å². The van der Waals surface area contributed by atoms with Gasteiger partial charge in [-0.2, -0.15) is 8.42 Å². The van der Waals surface area contributed by atoms with Gasteiger partial charge in [-0.3, -0.25) is 14.3 Å². The Morgan fingerprint density at radius 3 is 2.15 bits per heavy atom. The normalized spacial score (nSPS) is 11.5. The zero-order valence-corrected chi connectivity index (χ0v) is 7.30. The summed E-state index contributed by atoms with van der Waals surface area (Å²) in [7, 11) is -4.59. The van der Waals surface area contributed by atoms with Gasteiger partial charge < -0.3 is 4.98 Å². The molecule has 1 rings (SSSR count). The number of aromatic amines is 2. The highest BCUT2D eigenvalue weighted by Gasteiger charge is 2.18. The summed E-state index contributed by atoms with van der Waals surface area (Å²) in [6.07, 6.45) is 0. The Morgan fingerprint density at radius 2 is 1.77 bits per heavy atom. The Morgan fingerprint density at radius 1 is 1.23 bits per heavy atom. The second kappa shape index (κ2) is 2.82. The van der Waals surface area contributed by atoms with Crippen LogP contribution in [-0.2, 0) is 10.1 Å². The van der Waals surface area contributed by atoms with Crippen molar-refractivity contribution in [3.8, 4) is 0 Å². The van der Waals surface area contributed by atoms with E-state index in [9.17, 15) is 18.0 Å². The van der Waals surface area contributed by atoms with Crippen LogP contribution in [0.2, 0.25) is 0 Å². The molecular weight excluding hydrogens is 200 g/mol. The van der Waals surface area contributed by atoms with E-state index < -0.39 is 26.3 Å². The molecule has 0 bridgehead atoms. The van der Waals surface area contributed by atoms with Crippen LogP contribution in [0.3, 0.4) is 0 Å². The third-order valence-corrected chi connectivity index (χ3v) is 2.34. The minimum atomic E-state index is -4.59. The molecule has 0 unspecified atom stereocenters. The first-order valence-corrected chi connectivity index (χ1v) is 4.57. The fourth-order valence-electron chi connectivity index (χ4n) is 0.899. The summed E-state index contributed by atoms with van der Waals surface area (Å²) in [4.78, 5) is 24.4. The minimum absolute atomic E-state index is 0.198. The molecule has 1 aromatic heterocycles. The van der Waals surface area contributed by atoms with Crippen molar-refractivity contribution in [1.82, 2.24) is 9.97 Å². The topological polar surface area (TPSA) is 120 Å². The van der Waals surface area contributed by atoms with E-state index in [4.69, 9.17) is 4.55 Å². The molecule has 0 aliphatic rings. The summed E-state index contributed by atoms with van der Waals surface area (Å²) in [5.41, 5.74) is -2.16. The number of hydrogen-bond donors (Lipinski definition) is 3. The fraction of sp³-hybridized carbons (Fsp3) is 0.200. The first kappa shape index (κ1) is 9.68. The van der Waals surface area contributed by atoms with Gasteiger partial charge in [0.05, 0.1) is 0 Å². The van der Waals surface area contributed by atoms with Crippen molar-refractivity contribution in [2.45, 2.75) is 11.8 Å². The highest BCUT2D eigenvalue weighted by atomic mass is 32.2. The second-order valence-electron chi connectivity index (χ2n) is 2.34. The molecule has 0 saturated carbocycles. The summed E-state index contributed by atoms with van der Waals surface area (Å²) in [6.45, 7) is 1.19. The minimum Gasteiger partial charge on any atom is -0.310 e. The number of rotatable bonds is 1. The highest BCUT2D eigenvalue weighted by Crippen LogP contribution is 2.02. The molecule has 72 valence electrons. The SMILES string of the molecule is Cc1[nH]c(=O)[nH]c(=O)c1S(=O)(=O)O. The number of aryl methyl sites for hydroxylation is 1. The molecule has 0 radical (unpaired) electrons. The maximum Gasteiger partial charge on any atom is 0.325 e. The van der Waals surface area contributed by atoms with Crippen molar-refractivity contribution in [2.24, 2.45) is 0 Å². The van der Waals surface area contributed by atoms with E-state index in [-0.39, 0.29) is 5.69 Å². The third-order valence-electron chi connectivity index (χ3n) is 1.33. The van der Waals surface area contributed by atoms with Crippen LogP contribution >= 0.6 is 0 Å². The molecule has 0 fully saturated rings. The molecular formula is C5H6N2O5S. The van der Waals surface area contributed by atoms with E-state index >= 15 is 0 Å². The Bertz CT molecular complexity index is 537. The van der Waals surface area contributed by atoms with Gasteiger partial charge in [0.2, 0.25) is 0 Å². The smallest absolute Gasteiger partial charge is 0.310 e. The Kier molecular flexibility index (Phi) is 2.10. The molecule has 0 amide bonds. The second-order valence-corrected chi connectivity index (χ2v) is 3.70. The van der Waals surface area contributed by atoms with Crippen molar-refractivity contribution < 1.29 is 13.0 Å². The van der Waals surface area contributed by atoms with Crippen molar-refractivity contribution in [3.63, 3.8) is 0 Å². The van der Waals surface area contributed by atoms with Gasteiger partial charge in [-0.25, -0.2) is 4.79 Å². The molecule has 3 N–H and O–H groups in total. The van der Waals surface area contributed by atoms with Crippen molar-refractivity contribution in [1.29, 1.82) is 0 Å². The Balaban J connectivity index is 3.77. The summed E-state index contributed by atoms with van der Waals surface area (Å²) < 4.78 is 29.8. The van der Waals surface area contributed by atoms with Crippen molar-refractivity contribution in [3.05, 3.63) is 26.5 Å². The first-order valence-electron chi connectivity index (χ1n) is 3.13. The van der Waals surface area contributed by atoms with Crippen LogP contribution in [0.5, 0.6) is 0 Å². The zero-order valence-electron chi connectivity index (χ0n) is 6.49. The zero-order chi connectivity index (χ0) is 10.2. The number of aromatic nitrogens is 2. The van der Waals surface area contributed by atoms with Gasteiger partial charge >= 0.3 is 15.8 Å². The fourth-order valence-corrected chi connectivity index (χ4v) is 1.62. The summed E-state index contributed by atoms with van der Waals surface area (Å²) >= 11 is 0. The quantitative estimate of drug-likeness (QED) is 0.489. The molecule has 0 spiro atoms. The van der Waals surface area contributed by atoms with Crippen LogP contribution < -0.4 is 11.2 Å². The summed E-state index contributed by atoms with van der Waals surface area (Å²) in [5.74, 6) is 0. The van der Waals surface area contributed by atoms with Gasteiger partial charge in [-0.15, -0.1) is 0 Å². The highest BCUT2D eigenvalue weighted by molar-refractivity contribution is 7.85. The summed E-state index contributed by atoms with van der Waals surface area (Å²) in [6, 6.07) is 0. The average Bonchev–Trinajstić information content (AvgIpc) is 1.78. The van der Waals surface area contributed by atoms with E-state index in [0.29, 0.717) is 0 Å². The number of H-pyrrole nitrogens is 2. The largest absolute Gasteiger partial charge is 0.325 e. The van der Waals surface area contributed by atoms with Crippen LogP contribution in [-0.4, -0.2) is 22.9 Å². The lowest BCUT2D eigenvalue weighted by molar-refractivity contribution is 0.480. The molecule has 0 saturated heterocycles. The van der Waals surface area contributed by atoms with Crippen LogP contribution in [0.1, 0.15) is 5.69 Å². The molecule has 8 heteroatoms. The van der Waals surface area contributed by atoms with Gasteiger partial charge in [-0.05, 0) is 6.92 Å². The predicted octanol–water partition coefficient (Wildman–Crippen LogP) is -1.38. The van der Waals surface area contributed by atoms with Crippen molar-refractivity contribution in [2.75, 3.05) is 0 Å². The number of hydrogen-bond acceptors (Lipinski definition) is 4. The van der Waals surface area contributed by atoms with Gasteiger partial charge in [0.25, 0.3) is 5.56 Å². The van der Waals surface area contributed by atoms with Crippen LogP contribution in [0.4, 0.5) is 0 Å². The average molecular weight is 206 g/mol. The van der Waals surface area contributed by atoms with Gasteiger partial charge in [0.15, 0.2) is 4.90 Å². The molecule has 0 aliphatic carbocycles. The van der Waals surface area contributed by atoms with Crippen LogP contribution in [0.15, 0.2) is 14.5 Å². The lowest BCUT2D eigenvalue weighted by Gasteiger charge is -1.98. The molecule has 1 heterocycles. The van der Waals surface area contributed by atoms with E-state index in [1.807, 2.05) is 4.98 Å². The standard InChI is InChI=1S/C5H6N2O5S/c1-2-3(13(10,11)12)4(8)7-5(9)6-2/h1H3,(H,10,11,12)(H2,6,7,8,9). The lowest BCUT2D eigenvalue weighted by atomic mass is 10.4. The van der Waals surface area contributed by atoms with E-state index in [2.05, 4.69) is 0 Å². The van der Waals surface area contributed by atoms with Crippen LogP contribution in [0.25, 0.3) is 0 Å². The lowest BCUT2D eigenvalue weighted by Crippen LogP contribution is -2.28.